The fourth-order valence-corrected chi connectivity index (χ4v) is 13.7. The summed E-state index contributed by atoms with van der Waals surface area (Å²) in [5.41, 5.74) is 17.3. The third-order valence-electron chi connectivity index (χ3n) is 15.9. The summed E-state index contributed by atoms with van der Waals surface area (Å²) in [4.78, 5) is 44.4. The maximum atomic E-state index is 13.7. The number of aliphatic hydroxyl groups excluding tert-OH is 16. The van der Waals surface area contributed by atoms with Crippen LogP contribution in [-0.4, -0.2) is 364 Å². The number of thiol groups is 1. The number of ether oxygens (including phenoxy) is 10. The number of phosphoric acid groups is 3. The lowest BCUT2D eigenvalue weighted by Crippen LogP contribution is -2.70. The number of rotatable bonds is 35. The van der Waals surface area contributed by atoms with Crippen LogP contribution in [-0.2, 0) is 93.0 Å². The van der Waals surface area contributed by atoms with Crippen molar-refractivity contribution in [3.8, 4) is 0 Å². The number of carbonyl (C=O) groups is 1. The van der Waals surface area contributed by atoms with Crippen LogP contribution in [0.25, 0.3) is 0 Å². The standard InChI is InChI=1S/C48H91N4O39P3S/c1-17(56)52-24-29(61)25(57)18(12-53)81-45(24)86-39-22(15-76-47-42(33(65)26(58)19(13-54)82-47)89-46-36(68)30(62)27(59)21(84-46)16-80-92(70,71)78-9-6-49)85-48(43(37(39)69)91-94(74,75)79-10-7-50)87-38-20(14-55)83-44(23(51)28(38)60)88-40-34(66)31(63)32(64)35(67)41(40)90-93(72,73)77-8-4-2-3-5-11-95/h18-48,53-55,57-69,95H,2-16,49-51H2,1H3,(H,52,56)(H,70,71)(H,72,73)(H,74,75)/t18?,19?,20?,21?,22?,23?,24?,25-,26+,27+,28?,29?,30?,31?,32+,33?,34?,35?,36?,37?,38+,39+,40+,41?,42?,43?,44+,45-,46+,47-,48+/m0/s1. The first-order valence-corrected chi connectivity index (χ1v) is 35.0. The van der Waals surface area contributed by atoms with Crippen LogP contribution in [0, 0.1) is 0 Å². The van der Waals surface area contributed by atoms with Crippen LogP contribution in [0.5, 0.6) is 0 Å². The Bertz CT molecular complexity index is 2470. The smallest absolute Gasteiger partial charge is 0.394 e. The number of hydrogen-bond acceptors (Lipinski definition) is 40. The van der Waals surface area contributed by atoms with E-state index in [1.165, 1.54) is 0 Å². The van der Waals surface area contributed by atoms with Gasteiger partial charge in [0.15, 0.2) is 31.5 Å². The first kappa shape index (κ1) is 82.9. The Balaban J connectivity index is 1.36. The van der Waals surface area contributed by atoms with Gasteiger partial charge in [-0.1, -0.05) is 12.8 Å². The summed E-state index contributed by atoms with van der Waals surface area (Å²) in [7, 11) is -15.7. The number of hydrogen-bond donors (Lipinski definition) is 24. The molecular formula is C48H91N4O39P3S. The molecule has 0 aromatic heterocycles. The Labute approximate surface area is 546 Å². The van der Waals surface area contributed by atoms with Crippen LogP contribution in [0.4, 0.5) is 0 Å². The van der Waals surface area contributed by atoms with Gasteiger partial charge in [-0.15, -0.1) is 0 Å². The zero-order valence-electron chi connectivity index (χ0n) is 50.7. The number of unbranched alkanes of at least 4 members (excludes halogenated alkanes) is 3. The molecule has 6 rings (SSSR count). The Morgan fingerprint density at radius 2 is 0.884 bits per heavy atom. The first-order chi connectivity index (χ1) is 44.7. The van der Waals surface area contributed by atoms with Crippen LogP contribution in [0.1, 0.15) is 32.6 Å². The molecule has 0 spiro atoms. The van der Waals surface area contributed by atoms with Crippen molar-refractivity contribution in [1.82, 2.24) is 5.32 Å². The highest BCUT2D eigenvalue weighted by atomic mass is 32.1. The van der Waals surface area contributed by atoms with Gasteiger partial charge in [-0.2, -0.15) is 12.6 Å². The molecule has 1 amide bonds. The third kappa shape index (κ3) is 21.6. The molecule has 0 aromatic carbocycles. The number of carbonyl (C=O) groups excluding carboxylic acids is 1. The third-order valence-corrected chi connectivity index (χ3v) is 19.2. The molecule has 26 N–H and O–H groups in total. The minimum atomic E-state index is -5.55. The molecule has 5 aliphatic heterocycles. The highest BCUT2D eigenvalue weighted by molar-refractivity contribution is 7.80. The van der Waals surface area contributed by atoms with Crippen molar-refractivity contribution in [1.29, 1.82) is 0 Å². The number of nitrogens with one attached hydrogen (secondary N) is 1. The van der Waals surface area contributed by atoms with E-state index in [2.05, 4.69) is 22.5 Å². The summed E-state index contributed by atoms with van der Waals surface area (Å²) in [6.45, 7) is -6.88. The van der Waals surface area contributed by atoms with Gasteiger partial charge in [-0.3, -0.25) is 31.9 Å². The Morgan fingerprint density at radius 3 is 1.47 bits per heavy atom. The molecule has 34 atom stereocenters. The van der Waals surface area contributed by atoms with Crippen molar-refractivity contribution in [2.75, 3.05) is 71.7 Å². The zero-order chi connectivity index (χ0) is 70.6. The molecule has 6 aliphatic rings. The molecule has 558 valence electrons. The predicted octanol–water partition coefficient (Wildman–Crippen LogP) is -11.8. The topological polar surface area (TPSA) is 690 Å². The molecule has 6 fully saturated rings. The van der Waals surface area contributed by atoms with Gasteiger partial charge in [0.05, 0.1) is 58.9 Å². The normalized spacial score (nSPS) is 43.9. The number of nitrogens with two attached hydrogens (primary N) is 3. The van der Waals surface area contributed by atoms with Gasteiger partial charge >= 0.3 is 23.5 Å². The molecule has 95 heavy (non-hydrogen) atoms. The second-order valence-corrected chi connectivity index (χ2v) is 27.4. The van der Waals surface area contributed by atoms with E-state index in [0.29, 0.717) is 18.6 Å². The molecule has 0 radical (unpaired) electrons. The highest BCUT2D eigenvalue weighted by Gasteiger charge is 2.60. The first-order valence-electron chi connectivity index (χ1n) is 29.9. The minimum Gasteiger partial charge on any atom is -0.394 e. The van der Waals surface area contributed by atoms with Gasteiger partial charge in [0, 0.05) is 20.0 Å². The molecule has 43 nitrogen and oxygen atoms in total. The summed E-state index contributed by atoms with van der Waals surface area (Å²) in [6, 6.07) is -3.86. The second-order valence-electron chi connectivity index (χ2n) is 22.7. The van der Waals surface area contributed by atoms with E-state index in [0.717, 1.165) is 13.3 Å². The molecule has 5 heterocycles. The van der Waals surface area contributed by atoms with E-state index in [4.69, 9.17) is 87.2 Å². The molecule has 1 aliphatic carbocycles. The lowest BCUT2D eigenvalue weighted by molar-refractivity contribution is -0.384. The van der Waals surface area contributed by atoms with Crippen molar-refractivity contribution in [3.63, 3.8) is 0 Å². The predicted molar refractivity (Wildman–Crippen MR) is 307 cm³/mol. The molecule has 0 bridgehead atoms. The average Bonchev–Trinajstić information content (AvgIpc) is 0.782. The van der Waals surface area contributed by atoms with Crippen molar-refractivity contribution >= 4 is 42.0 Å². The van der Waals surface area contributed by atoms with E-state index in [9.17, 15) is 115 Å². The number of phosphoric ester groups is 3. The van der Waals surface area contributed by atoms with E-state index < -0.39 is 272 Å². The SMILES string of the molecule is CC(=O)NC1C(O)[C@@H](O)C(CO)O[C@H]1O[C@@H]1C(CO[C@H]2OC(CO)[C@@H](O)C(O)C2O[C@H]2OC(COP(=O)(O)OCCN)[C@@H](O)C(O)C2O)O[C@H](O[C@@H]2C(CO)O[C@H](O[C@@H]3C(O)C(O)[C@@H](O)C(O)C3OP(=O)(O)OCCCCCCS)C(N)C2O)C(OP(=O)(O)OCCN)C1O. The van der Waals surface area contributed by atoms with E-state index in [1.54, 1.807) is 0 Å². The largest absolute Gasteiger partial charge is 0.472 e. The maximum absolute atomic E-state index is 13.7. The van der Waals surface area contributed by atoms with Gasteiger partial charge < -0.3 is 166 Å². The van der Waals surface area contributed by atoms with Crippen molar-refractivity contribution < 1.29 is 189 Å². The van der Waals surface area contributed by atoms with E-state index in [-0.39, 0.29) is 19.6 Å². The van der Waals surface area contributed by atoms with E-state index in [1.807, 2.05) is 0 Å². The summed E-state index contributed by atoms with van der Waals surface area (Å²) in [5, 5.41) is 179. The fraction of sp³-hybridized carbons (Fsp3) is 0.979. The Morgan fingerprint density at radius 1 is 0.432 bits per heavy atom. The summed E-state index contributed by atoms with van der Waals surface area (Å²) >= 11 is 4.12. The van der Waals surface area contributed by atoms with Crippen LogP contribution in [0.3, 0.4) is 0 Å². The summed E-state index contributed by atoms with van der Waals surface area (Å²) in [5.74, 6) is -0.321. The molecule has 22 unspecified atom stereocenters. The van der Waals surface area contributed by atoms with Crippen LogP contribution in [0.2, 0.25) is 0 Å². The van der Waals surface area contributed by atoms with Gasteiger partial charge in [0.1, 0.15) is 153 Å². The van der Waals surface area contributed by atoms with Gasteiger partial charge in [0.25, 0.3) is 0 Å². The van der Waals surface area contributed by atoms with Crippen LogP contribution < -0.4 is 22.5 Å². The van der Waals surface area contributed by atoms with Gasteiger partial charge in [-0.25, -0.2) is 13.7 Å². The van der Waals surface area contributed by atoms with Gasteiger partial charge in [0.2, 0.25) is 5.91 Å². The maximum Gasteiger partial charge on any atom is 0.472 e. The molecule has 0 aromatic rings. The minimum absolute atomic E-state index is 0.234. The lowest BCUT2D eigenvalue weighted by Gasteiger charge is -2.50. The number of aliphatic hydroxyl groups is 16. The molecule has 5 saturated heterocycles. The number of amides is 1. The highest BCUT2D eigenvalue weighted by Crippen LogP contribution is 2.50. The second kappa shape index (κ2) is 37.4. The quantitative estimate of drug-likeness (QED) is 0.0159. The lowest BCUT2D eigenvalue weighted by atomic mass is 9.84. The Hall–Kier alpha value is -1.01. The van der Waals surface area contributed by atoms with Crippen molar-refractivity contribution in [2.45, 2.75) is 223 Å². The fourth-order valence-electron chi connectivity index (χ4n) is 10.8. The summed E-state index contributed by atoms with van der Waals surface area (Å²) < 4.78 is 129. The van der Waals surface area contributed by atoms with Crippen molar-refractivity contribution in [3.05, 3.63) is 0 Å². The van der Waals surface area contributed by atoms with Crippen LogP contribution >= 0.6 is 36.1 Å². The van der Waals surface area contributed by atoms with Gasteiger partial charge in [-0.05, 0) is 18.6 Å². The zero-order valence-corrected chi connectivity index (χ0v) is 54.3. The molecule has 47 heteroatoms. The summed E-state index contributed by atoms with van der Waals surface area (Å²) in [6.07, 6.45) is -61.1. The Kier molecular flexibility index (Phi) is 32.7. The average molecular weight is 1470 g/mol. The molecule has 1 saturated carbocycles. The molecular weight excluding hydrogens is 1380 g/mol. The monoisotopic (exact) mass is 1470 g/mol. The van der Waals surface area contributed by atoms with E-state index >= 15 is 0 Å². The van der Waals surface area contributed by atoms with Crippen LogP contribution in [0.15, 0.2) is 0 Å². The van der Waals surface area contributed by atoms with Crippen molar-refractivity contribution in [2.24, 2.45) is 17.2 Å².